The van der Waals surface area contributed by atoms with Crippen LogP contribution >= 0.6 is 22.9 Å². The zero-order valence-electron chi connectivity index (χ0n) is 18.2. The molecule has 0 aliphatic heterocycles. The second kappa shape index (κ2) is 9.74. The number of carbonyl (C=O) groups is 2. The molecule has 3 N–H and O–H groups in total. The second-order valence-corrected chi connectivity index (χ2v) is 9.36. The number of aliphatic carboxylic acids is 1. The van der Waals surface area contributed by atoms with Gasteiger partial charge in [-0.25, -0.2) is 14.2 Å². The van der Waals surface area contributed by atoms with Gasteiger partial charge in [0.2, 0.25) is 0 Å². The number of thiazole rings is 1. The lowest BCUT2D eigenvalue weighted by Gasteiger charge is -2.18. The molecule has 0 aliphatic carbocycles. The second-order valence-electron chi connectivity index (χ2n) is 7.92. The smallest absolute Gasteiger partial charge is 0.326 e. The van der Waals surface area contributed by atoms with E-state index in [1.807, 2.05) is 0 Å². The quantitative estimate of drug-likeness (QED) is 0.300. The third-order valence-corrected chi connectivity index (χ3v) is 6.35. The van der Waals surface area contributed by atoms with Crippen LogP contribution < -0.4 is 10.6 Å². The Morgan fingerprint density at radius 1 is 1.09 bits per heavy atom. The molecule has 4 aromatic rings. The van der Waals surface area contributed by atoms with E-state index in [1.165, 1.54) is 23.6 Å². The number of rotatable bonds is 7. The zero-order chi connectivity index (χ0) is 24.4. The number of halogens is 2. The van der Waals surface area contributed by atoms with Crippen molar-refractivity contribution in [3.05, 3.63) is 71.3 Å². The van der Waals surface area contributed by atoms with Crippen molar-refractivity contribution in [2.45, 2.75) is 19.9 Å². The van der Waals surface area contributed by atoms with Gasteiger partial charge in [-0.3, -0.25) is 9.78 Å². The Hall–Kier alpha value is -3.56. The summed E-state index contributed by atoms with van der Waals surface area (Å²) in [6.07, 6.45) is 3.16. The van der Waals surface area contributed by atoms with E-state index in [0.29, 0.717) is 32.4 Å². The lowest BCUT2D eigenvalue weighted by atomic mass is 10.0. The summed E-state index contributed by atoms with van der Waals surface area (Å²) in [6.45, 7) is 3.44. The van der Waals surface area contributed by atoms with Crippen LogP contribution in [0.4, 0.5) is 15.2 Å². The Balaban J connectivity index is 1.49. The van der Waals surface area contributed by atoms with Crippen molar-refractivity contribution in [3.8, 4) is 11.1 Å². The topological polar surface area (TPSA) is 104 Å². The third kappa shape index (κ3) is 5.00. The average molecular weight is 499 g/mol. The highest BCUT2D eigenvalue weighted by atomic mass is 35.5. The molecule has 0 spiro atoms. The normalized spacial score (nSPS) is 12.0. The molecular formula is C24H20ClFN4O3S. The number of carbonyl (C=O) groups excluding carboxylic acids is 1. The maximum Gasteiger partial charge on any atom is 0.326 e. The molecule has 2 aromatic carbocycles. The van der Waals surface area contributed by atoms with Gasteiger partial charge in [-0.15, -0.1) is 0 Å². The van der Waals surface area contributed by atoms with Crippen LogP contribution in [-0.2, 0) is 4.79 Å². The van der Waals surface area contributed by atoms with Crippen molar-refractivity contribution in [1.29, 1.82) is 0 Å². The SMILES string of the molecule is CC(C)[C@@H](NC(=O)c1ccc(-c2ccc(Nc3nc4c(Cl)cncc4s3)c(F)c2)cc1)C(=O)O. The number of aromatic nitrogens is 2. The lowest BCUT2D eigenvalue weighted by Crippen LogP contribution is -2.44. The van der Waals surface area contributed by atoms with Crippen molar-refractivity contribution in [2.75, 3.05) is 5.32 Å². The van der Waals surface area contributed by atoms with Gasteiger partial charge in [0.05, 0.1) is 15.4 Å². The minimum Gasteiger partial charge on any atom is -0.480 e. The maximum absolute atomic E-state index is 14.8. The van der Waals surface area contributed by atoms with Gasteiger partial charge in [-0.2, -0.15) is 0 Å². The number of carboxylic acids is 1. The molecule has 34 heavy (non-hydrogen) atoms. The predicted molar refractivity (Wildman–Crippen MR) is 131 cm³/mol. The van der Waals surface area contributed by atoms with Gasteiger partial charge in [0.15, 0.2) is 5.13 Å². The molecule has 0 aliphatic rings. The lowest BCUT2D eigenvalue weighted by molar-refractivity contribution is -0.140. The molecule has 0 bridgehead atoms. The fraction of sp³-hybridized carbons (Fsp3) is 0.167. The number of anilines is 2. The van der Waals surface area contributed by atoms with Crippen LogP contribution in [0.2, 0.25) is 5.02 Å². The van der Waals surface area contributed by atoms with E-state index in [-0.39, 0.29) is 11.6 Å². The number of fused-ring (bicyclic) bond motifs is 1. The van der Waals surface area contributed by atoms with Crippen LogP contribution in [-0.4, -0.2) is 33.0 Å². The van der Waals surface area contributed by atoms with Gasteiger partial charge in [-0.05, 0) is 41.3 Å². The van der Waals surface area contributed by atoms with Crippen molar-refractivity contribution in [1.82, 2.24) is 15.3 Å². The summed E-state index contributed by atoms with van der Waals surface area (Å²) in [5, 5.41) is 15.7. The van der Waals surface area contributed by atoms with Crippen molar-refractivity contribution >= 4 is 55.8 Å². The molecule has 174 valence electrons. The minimum atomic E-state index is -1.09. The molecule has 2 aromatic heterocycles. The molecule has 4 rings (SSSR count). The highest BCUT2D eigenvalue weighted by Crippen LogP contribution is 2.33. The van der Waals surface area contributed by atoms with Crippen molar-refractivity contribution in [2.24, 2.45) is 5.92 Å². The Labute approximate surface area is 203 Å². The predicted octanol–water partition coefficient (Wildman–Crippen LogP) is 5.73. The largest absolute Gasteiger partial charge is 0.480 e. The summed E-state index contributed by atoms with van der Waals surface area (Å²) < 4.78 is 15.6. The minimum absolute atomic E-state index is 0.257. The zero-order valence-corrected chi connectivity index (χ0v) is 19.7. The van der Waals surface area contributed by atoms with Gasteiger partial charge < -0.3 is 15.7 Å². The molecule has 10 heteroatoms. The standard InChI is InChI=1S/C24H20ClFN4O3S/c1-12(2)20(23(32)33)29-22(31)14-5-3-13(4-6-14)15-7-8-18(17(26)9-15)28-24-30-21-16(25)10-27-11-19(21)34-24/h3-12,20H,1-2H3,(H,28,30)(H,29,31)(H,32,33)/t20-/m1/s1. The van der Waals surface area contributed by atoms with E-state index < -0.39 is 23.7 Å². The molecule has 1 atom stereocenters. The van der Waals surface area contributed by atoms with E-state index in [2.05, 4.69) is 20.6 Å². The van der Waals surface area contributed by atoms with Crippen LogP contribution in [0.1, 0.15) is 24.2 Å². The number of nitrogens with one attached hydrogen (secondary N) is 2. The Bertz CT molecular complexity index is 1370. The fourth-order valence-corrected chi connectivity index (χ4v) is 4.47. The number of nitrogens with zero attached hydrogens (tertiary/aromatic N) is 2. The molecule has 0 saturated heterocycles. The Morgan fingerprint density at radius 2 is 1.79 bits per heavy atom. The van der Waals surface area contributed by atoms with Crippen LogP contribution in [0.15, 0.2) is 54.9 Å². The summed E-state index contributed by atoms with van der Waals surface area (Å²) in [4.78, 5) is 32.1. The fourth-order valence-electron chi connectivity index (χ4n) is 3.34. The van der Waals surface area contributed by atoms with Crippen LogP contribution in [0, 0.1) is 11.7 Å². The van der Waals surface area contributed by atoms with E-state index in [0.717, 1.165) is 4.70 Å². The van der Waals surface area contributed by atoms with Crippen LogP contribution in [0.3, 0.4) is 0 Å². The summed E-state index contributed by atoms with van der Waals surface area (Å²) in [5.74, 6) is -2.30. The number of carboxylic acid groups (broad SMARTS) is 1. The third-order valence-electron chi connectivity index (χ3n) is 5.17. The first kappa shape index (κ1) is 23.6. The molecule has 2 heterocycles. The summed E-state index contributed by atoms with van der Waals surface area (Å²) >= 11 is 7.42. The Kier molecular flexibility index (Phi) is 6.76. The van der Waals surface area contributed by atoms with Crippen molar-refractivity contribution < 1.29 is 19.1 Å². The number of pyridine rings is 1. The van der Waals surface area contributed by atoms with Gasteiger partial charge in [0.1, 0.15) is 17.4 Å². The highest BCUT2D eigenvalue weighted by Gasteiger charge is 2.24. The molecule has 0 radical (unpaired) electrons. The van der Waals surface area contributed by atoms with Gasteiger partial charge in [0.25, 0.3) is 5.91 Å². The number of hydrogen-bond donors (Lipinski definition) is 3. The van der Waals surface area contributed by atoms with Gasteiger partial charge in [0, 0.05) is 18.0 Å². The van der Waals surface area contributed by atoms with E-state index in [9.17, 15) is 19.1 Å². The molecule has 0 unspecified atom stereocenters. The van der Waals surface area contributed by atoms with Crippen molar-refractivity contribution in [3.63, 3.8) is 0 Å². The highest BCUT2D eigenvalue weighted by molar-refractivity contribution is 7.22. The Morgan fingerprint density at radius 3 is 2.41 bits per heavy atom. The molecular weight excluding hydrogens is 479 g/mol. The first-order valence-electron chi connectivity index (χ1n) is 10.3. The van der Waals surface area contributed by atoms with Crippen LogP contribution in [0.5, 0.6) is 0 Å². The number of hydrogen-bond acceptors (Lipinski definition) is 6. The summed E-state index contributed by atoms with van der Waals surface area (Å²) in [6, 6.07) is 10.3. The van der Waals surface area contributed by atoms with E-state index in [1.54, 1.807) is 56.4 Å². The van der Waals surface area contributed by atoms with E-state index in [4.69, 9.17) is 11.6 Å². The summed E-state index contributed by atoms with van der Waals surface area (Å²) in [7, 11) is 0. The van der Waals surface area contributed by atoms with E-state index >= 15 is 0 Å². The first-order valence-corrected chi connectivity index (χ1v) is 11.5. The average Bonchev–Trinajstić information content (AvgIpc) is 3.22. The molecule has 1 amide bonds. The monoisotopic (exact) mass is 498 g/mol. The molecule has 0 saturated carbocycles. The van der Waals surface area contributed by atoms with Gasteiger partial charge in [-0.1, -0.05) is 55.0 Å². The van der Waals surface area contributed by atoms with Crippen LogP contribution in [0.25, 0.3) is 21.3 Å². The first-order chi connectivity index (χ1) is 16.2. The number of amides is 1. The molecule has 0 fully saturated rings. The molecule has 7 nitrogen and oxygen atoms in total. The number of benzene rings is 2. The maximum atomic E-state index is 14.8. The van der Waals surface area contributed by atoms with Gasteiger partial charge >= 0.3 is 5.97 Å². The summed E-state index contributed by atoms with van der Waals surface area (Å²) in [5.41, 5.74) is 2.51.